The molecule has 0 aliphatic carbocycles. The Morgan fingerprint density at radius 1 is 1.11 bits per heavy atom. The predicted octanol–water partition coefficient (Wildman–Crippen LogP) is 5.80. The molecule has 1 amide bonds. The van der Waals surface area contributed by atoms with Gasteiger partial charge < -0.3 is 14.4 Å². The molecule has 1 aromatic heterocycles. The molecule has 144 valence electrons. The SMILES string of the molecule is COc1ccccc1CN(C(C)=O)c1ccc(Br)nc1Oc1ccc(I)cc1. The lowest BCUT2D eigenvalue weighted by molar-refractivity contribution is -0.116. The summed E-state index contributed by atoms with van der Waals surface area (Å²) in [5, 5.41) is 0. The van der Waals surface area contributed by atoms with Gasteiger partial charge in [0.25, 0.3) is 0 Å². The maximum atomic E-state index is 12.5. The van der Waals surface area contributed by atoms with E-state index in [1.165, 1.54) is 6.92 Å². The Morgan fingerprint density at radius 2 is 1.82 bits per heavy atom. The number of nitrogens with zero attached hydrogens (tertiary/aromatic N) is 2. The first-order valence-corrected chi connectivity index (χ1v) is 10.3. The zero-order valence-corrected chi connectivity index (χ0v) is 19.1. The van der Waals surface area contributed by atoms with E-state index in [9.17, 15) is 4.79 Å². The fraction of sp³-hybridized carbons (Fsp3) is 0.143. The average molecular weight is 553 g/mol. The minimum atomic E-state index is -0.123. The van der Waals surface area contributed by atoms with Crippen LogP contribution in [0.25, 0.3) is 0 Å². The maximum Gasteiger partial charge on any atom is 0.244 e. The number of methoxy groups -OCH3 is 1. The van der Waals surface area contributed by atoms with Crippen LogP contribution in [0.3, 0.4) is 0 Å². The number of anilines is 1. The standard InChI is InChI=1S/C21H18BrIN2O3/c1-14(26)25(13-15-5-3-4-6-19(15)27-2)18-11-12-20(22)24-21(18)28-17-9-7-16(23)8-10-17/h3-12H,13H2,1-2H3. The van der Waals surface area contributed by atoms with Gasteiger partial charge in [0.1, 0.15) is 21.8 Å². The predicted molar refractivity (Wildman–Crippen MR) is 121 cm³/mol. The number of benzene rings is 2. The number of halogens is 2. The summed E-state index contributed by atoms with van der Waals surface area (Å²) in [7, 11) is 1.61. The van der Waals surface area contributed by atoms with E-state index < -0.39 is 0 Å². The molecule has 0 aliphatic heterocycles. The van der Waals surface area contributed by atoms with Gasteiger partial charge in [0.05, 0.1) is 13.7 Å². The van der Waals surface area contributed by atoms with E-state index in [0.717, 1.165) is 14.9 Å². The number of rotatable bonds is 6. The molecule has 3 aromatic rings. The van der Waals surface area contributed by atoms with Crippen molar-refractivity contribution in [3.05, 3.63) is 74.4 Å². The Kier molecular flexibility index (Phi) is 6.90. The van der Waals surface area contributed by atoms with Crippen molar-refractivity contribution in [3.63, 3.8) is 0 Å². The van der Waals surface area contributed by atoms with Gasteiger partial charge >= 0.3 is 0 Å². The second-order valence-corrected chi connectivity index (χ2v) is 7.99. The monoisotopic (exact) mass is 552 g/mol. The van der Waals surface area contributed by atoms with Crippen LogP contribution in [0.15, 0.2) is 65.3 Å². The van der Waals surface area contributed by atoms with Crippen LogP contribution >= 0.6 is 38.5 Å². The van der Waals surface area contributed by atoms with Crippen molar-refractivity contribution in [3.8, 4) is 17.4 Å². The van der Waals surface area contributed by atoms with Crippen LogP contribution in [0, 0.1) is 3.57 Å². The molecule has 0 saturated heterocycles. The maximum absolute atomic E-state index is 12.5. The van der Waals surface area contributed by atoms with Crippen molar-refractivity contribution in [1.29, 1.82) is 0 Å². The zero-order chi connectivity index (χ0) is 20.1. The van der Waals surface area contributed by atoms with Gasteiger partial charge in [-0.3, -0.25) is 4.79 Å². The van der Waals surface area contributed by atoms with Crippen LogP contribution < -0.4 is 14.4 Å². The summed E-state index contributed by atoms with van der Waals surface area (Å²) in [4.78, 5) is 18.5. The number of hydrogen-bond acceptors (Lipinski definition) is 4. The van der Waals surface area contributed by atoms with Gasteiger partial charge in [0.15, 0.2) is 0 Å². The van der Waals surface area contributed by atoms with Crippen molar-refractivity contribution in [1.82, 2.24) is 4.98 Å². The van der Waals surface area contributed by atoms with E-state index in [1.807, 2.05) is 54.6 Å². The molecule has 0 unspecified atom stereocenters. The summed E-state index contributed by atoms with van der Waals surface area (Å²) in [5.74, 6) is 1.59. The molecule has 0 aliphatic rings. The lowest BCUT2D eigenvalue weighted by Gasteiger charge is -2.24. The number of carbonyl (C=O) groups is 1. The van der Waals surface area contributed by atoms with Crippen LogP contribution in [0.2, 0.25) is 0 Å². The van der Waals surface area contributed by atoms with Gasteiger partial charge in [-0.2, -0.15) is 0 Å². The third kappa shape index (κ3) is 5.02. The number of ether oxygens (including phenoxy) is 2. The van der Waals surface area contributed by atoms with E-state index >= 15 is 0 Å². The highest BCUT2D eigenvalue weighted by atomic mass is 127. The van der Waals surface area contributed by atoms with Crippen LogP contribution in [0.5, 0.6) is 17.4 Å². The van der Waals surface area contributed by atoms with Crippen molar-refractivity contribution in [2.75, 3.05) is 12.0 Å². The minimum Gasteiger partial charge on any atom is -0.496 e. The number of amides is 1. The van der Waals surface area contributed by atoms with E-state index in [4.69, 9.17) is 9.47 Å². The van der Waals surface area contributed by atoms with Crippen molar-refractivity contribution < 1.29 is 14.3 Å². The van der Waals surface area contributed by atoms with Gasteiger partial charge in [-0.1, -0.05) is 18.2 Å². The molecule has 0 fully saturated rings. The van der Waals surface area contributed by atoms with E-state index in [0.29, 0.717) is 28.5 Å². The molecule has 28 heavy (non-hydrogen) atoms. The highest BCUT2D eigenvalue weighted by Crippen LogP contribution is 2.34. The average Bonchev–Trinajstić information content (AvgIpc) is 2.68. The quantitative estimate of drug-likeness (QED) is 0.286. The summed E-state index contributed by atoms with van der Waals surface area (Å²) < 4.78 is 13.2. The van der Waals surface area contributed by atoms with Gasteiger partial charge in [0, 0.05) is 16.1 Å². The molecule has 0 atom stereocenters. The summed E-state index contributed by atoms with van der Waals surface area (Å²) in [5.41, 5.74) is 1.48. The molecule has 3 rings (SSSR count). The molecule has 2 aromatic carbocycles. The smallest absolute Gasteiger partial charge is 0.244 e. The summed E-state index contributed by atoms with van der Waals surface area (Å²) in [6.07, 6.45) is 0. The van der Waals surface area contributed by atoms with Gasteiger partial charge in [-0.25, -0.2) is 4.98 Å². The first kappa shape index (κ1) is 20.6. The lowest BCUT2D eigenvalue weighted by Crippen LogP contribution is -2.28. The van der Waals surface area contributed by atoms with Crippen LogP contribution in [0.4, 0.5) is 5.69 Å². The third-order valence-electron chi connectivity index (χ3n) is 4.03. The second-order valence-electron chi connectivity index (χ2n) is 5.93. The molecule has 0 bridgehead atoms. The van der Waals surface area contributed by atoms with Gasteiger partial charge in [-0.15, -0.1) is 0 Å². The Labute approximate surface area is 186 Å². The zero-order valence-electron chi connectivity index (χ0n) is 15.4. The summed E-state index contributed by atoms with van der Waals surface area (Å²) in [6, 6.07) is 18.8. The van der Waals surface area contributed by atoms with Crippen molar-refractivity contribution in [2.45, 2.75) is 13.5 Å². The Morgan fingerprint density at radius 3 is 2.50 bits per heavy atom. The van der Waals surface area contributed by atoms with Crippen molar-refractivity contribution in [2.24, 2.45) is 0 Å². The normalized spacial score (nSPS) is 10.4. The number of carbonyl (C=O) groups excluding carboxylic acids is 1. The third-order valence-corrected chi connectivity index (χ3v) is 5.19. The number of aromatic nitrogens is 1. The molecule has 0 saturated carbocycles. The molecular formula is C21H18BrIN2O3. The number of para-hydroxylation sites is 1. The fourth-order valence-electron chi connectivity index (χ4n) is 2.68. The first-order valence-electron chi connectivity index (χ1n) is 8.48. The van der Waals surface area contributed by atoms with Gasteiger partial charge in [-0.05, 0) is 81.0 Å². The number of pyridine rings is 1. The Bertz CT molecular complexity index is 980. The molecular weight excluding hydrogens is 535 g/mol. The molecule has 0 spiro atoms. The Hall–Kier alpha value is -2.13. The van der Waals surface area contributed by atoms with Crippen LogP contribution in [0.1, 0.15) is 12.5 Å². The molecule has 1 heterocycles. The van der Waals surface area contributed by atoms with Crippen LogP contribution in [-0.2, 0) is 11.3 Å². The molecule has 5 nitrogen and oxygen atoms in total. The van der Waals surface area contributed by atoms with Gasteiger partial charge in [0.2, 0.25) is 11.8 Å². The van der Waals surface area contributed by atoms with E-state index in [2.05, 4.69) is 43.5 Å². The fourth-order valence-corrected chi connectivity index (χ4v) is 3.33. The minimum absolute atomic E-state index is 0.123. The lowest BCUT2D eigenvalue weighted by atomic mass is 10.1. The van der Waals surface area contributed by atoms with E-state index in [1.54, 1.807) is 18.1 Å². The summed E-state index contributed by atoms with van der Waals surface area (Å²) in [6.45, 7) is 1.86. The van der Waals surface area contributed by atoms with Crippen LogP contribution in [-0.4, -0.2) is 18.0 Å². The first-order chi connectivity index (χ1) is 13.5. The Balaban J connectivity index is 1.98. The second kappa shape index (κ2) is 9.38. The molecule has 7 heteroatoms. The topological polar surface area (TPSA) is 51.7 Å². The highest BCUT2D eigenvalue weighted by molar-refractivity contribution is 14.1. The van der Waals surface area contributed by atoms with E-state index in [-0.39, 0.29) is 5.91 Å². The number of hydrogen-bond donors (Lipinski definition) is 0. The van der Waals surface area contributed by atoms with Crippen molar-refractivity contribution >= 4 is 50.1 Å². The molecule has 0 radical (unpaired) electrons. The molecule has 0 N–H and O–H groups in total. The largest absolute Gasteiger partial charge is 0.496 e. The summed E-state index contributed by atoms with van der Waals surface area (Å²) >= 11 is 5.62. The highest BCUT2D eigenvalue weighted by Gasteiger charge is 2.20.